The average molecular weight is 306 g/mol. The molecule has 0 spiro atoms. The van der Waals surface area contributed by atoms with Crippen molar-refractivity contribution in [2.45, 2.75) is 10.9 Å². The molecule has 1 N–H and O–H groups in total. The fourth-order valence-corrected chi connectivity index (χ4v) is 2.97. The molecule has 0 saturated carbocycles. The van der Waals surface area contributed by atoms with E-state index >= 15 is 0 Å². The lowest BCUT2D eigenvalue weighted by molar-refractivity contribution is 0.415. The second kappa shape index (κ2) is 5.73. The minimum Gasteiger partial charge on any atom is -0.497 e. The van der Waals surface area contributed by atoms with Crippen LogP contribution in [0.5, 0.6) is 5.75 Å². The molecule has 0 unspecified atom stereocenters. The molecular formula is C14H12ClN3OS. The van der Waals surface area contributed by atoms with Crippen LogP contribution in [0.3, 0.4) is 0 Å². The third-order valence-corrected chi connectivity index (χ3v) is 4.13. The van der Waals surface area contributed by atoms with E-state index in [1.54, 1.807) is 25.1 Å². The van der Waals surface area contributed by atoms with Crippen molar-refractivity contribution >= 4 is 34.4 Å². The Morgan fingerprint density at radius 2 is 2.25 bits per heavy atom. The van der Waals surface area contributed by atoms with Gasteiger partial charge in [0.1, 0.15) is 10.9 Å². The minimum atomic E-state index is 0.540. The summed E-state index contributed by atoms with van der Waals surface area (Å²) < 4.78 is 5.20. The van der Waals surface area contributed by atoms with Crippen LogP contribution in [-0.4, -0.2) is 22.1 Å². The largest absolute Gasteiger partial charge is 0.497 e. The van der Waals surface area contributed by atoms with Crippen LogP contribution in [0.15, 0.2) is 41.7 Å². The Morgan fingerprint density at radius 1 is 1.35 bits per heavy atom. The molecule has 4 nitrogen and oxygen atoms in total. The molecule has 0 radical (unpaired) electrons. The summed E-state index contributed by atoms with van der Waals surface area (Å²) in [5.74, 6) is 1.54. The minimum absolute atomic E-state index is 0.540. The predicted octanol–water partition coefficient (Wildman–Crippen LogP) is 3.91. The highest BCUT2D eigenvalue weighted by Gasteiger charge is 2.06. The van der Waals surface area contributed by atoms with E-state index in [0.717, 1.165) is 33.3 Å². The summed E-state index contributed by atoms with van der Waals surface area (Å²) in [5.41, 5.74) is 2.88. The zero-order valence-corrected chi connectivity index (χ0v) is 12.3. The van der Waals surface area contributed by atoms with E-state index in [9.17, 15) is 0 Å². The lowest BCUT2D eigenvalue weighted by Gasteiger charge is -2.00. The molecule has 0 bridgehead atoms. The van der Waals surface area contributed by atoms with Gasteiger partial charge in [0.25, 0.3) is 0 Å². The van der Waals surface area contributed by atoms with Crippen LogP contribution in [0, 0.1) is 0 Å². The van der Waals surface area contributed by atoms with Crippen molar-refractivity contribution in [3.05, 3.63) is 47.2 Å². The number of benzene rings is 1. The van der Waals surface area contributed by atoms with Crippen LogP contribution in [0.2, 0.25) is 5.15 Å². The van der Waals surface area contributed by atoms with E-state index in [1.807, 2.05) is 30.3 Å². The van der Waals surface area contributed by atoms with Crippen molar-refractivity contribution in [3.63, 3.8) is 0 Å². The third kappa shape index (κ3) is 2.73. The van der Waals surface area contributed by atoms with Gasteiger partial charge < -0.3 is 9.72 Å². The second-order valence-electron chi connectivity index (χ2n) is 4.17. The van der Waals surface area contributed by atoms with Gasteiger partial charge in [-0.15, -0.1) is 0 Å². The first-order chi connectivity index (χ1) is 9.76. The molecular weight excluding hydrogens is 294 g/mol. The molecule has 102 valence electrons. The van der Waals surface area contributed by atoms with E-state index < -0.39 is 0 Å². The van der Waals surface area contributed by atoms with Gasteiger partial charge in [-0.1, -0.05) is 29.4 Å². The van der Waals surface area contributed by atoms with Crippen molar-refractivity contribution in [1.82, 2.24) is 15.0 Å². The molecule has 3 rings (SSSR count). The fraction of sp³-hybridized carbons (Fsp3) is 0.143. The van der Waals surface area contributed by atoms with Crippen molar-refractivity contribution in [2.24, 2.45) is 0 Å². The number of nitrogens with zero attached hydrogens (tertiary/aromatic N) is 2. The Balaban J connectivity index is 1.79. The molecule has 0 saturated heterocycles. The van der Waals surface area contributed by atoms with Crippen LogP contribution in [-0.2, 0) is 5.75 Å². The molecule has 6 heteroatoms. The van der Waals surface area contributed by atoms with E-state index in [1.165, 1.54) is 0 Å². The number of fused-ring (bicyclic) bond motifs is 1. The first kappa shape index (κ1) is 13.3. The van der Waals surface area contributed by atoms with E-state index in [0.29, 0.717) is 5.15 Å². The molecule has 0 atom stereocenters. The smallest absolute Gasteiger partial charge is 0.166 e. The average Bonchev–Trinajstić information content (AvgIpc) is 2.88. The first-order valence-electron chi connectivity index (χ1n) is 6.02. The zero-order chi connectivity index (χ0) is 13.9. The molecule has 1 aromatic carbocycles. The number of aromatic nitrogens is 3. The number of pyridine rings is 1. The zero-order valence-electron chi connectivity index (χ0n) is 10.8. The van der Waals surface area contributed by atoms with Gasteiger partial charge in [0, 0.05) is 18.0 Å². The van der Waals surface area contributed by atoms with Crippen LogP contribution < -0.4 is 4.74 Å². The fourth-order valence-electron chi connectivity index (χ4n) is 1.83. The third-order valence-electron chi connectivity index (χ3n) is 2.87. The van der Waals surface area contributed by atoms with Gasteiger partial charge >= 0.3 is 0 Å². The van der Waals surface area contributed by atoms with Crippen LogP contribution in [0.25, 0.3) is 11.0 Å². The van der Waals surface area contributed by atoms with Crippen molar-refractivity contribution in [3.8, 4) is 5.75 Å². The maximum atomic E-state index is 6.04. The maximum Gasteiger partial charge on any atom is 0.166 e. The van der Waals surface area contributed by atoms with Gasteiger partial charge in [-0.3, -0.25) is 0 Å². The highest BCUT2D eigenvalue weighted by Crippen LogP contribution is 2.26. The second-order valence-corrected chi connectivity index (χ2v) is 5.49. The van der Waals surface area contributed by atoms with Gasteiger partial charge in [0.2, 0.25) is 0 Å². The molecule has 3 aromatic rings. The van der Waals surface area contributed by atoms with Gasteiger partial charge in [-0.25, -0.2) is 9.97 Å². The highest BCUT2D eigenvalue weighted by atomic mass is 35.5. The molecule has 2 heterocycles. The van der Waals surface area contributed by atoms with Crippen LogP contribution in [0.1, 0.15) is 5.56 Å². The number of methoxy groups -OCH3 is 1. The standard InChI is InChI=1S/C14H12ClN3OS/c1-19-10-4-5-11-12(7-10)18-14(17-11)20-8-9-3-2-6-16-13(9)15/h2-7H,8H2,1H3,(H,17,18). The Kier molecular flexibility index (Phi) is 3.80. The van der Waals surface area contributed by atoms with Gasteiger partial charge in [-0.2, -0.15) is 0 Å². The monoisotopic (exact) mass is 305 g/mol. The normalized spacial score (nSPS) is 10.9. The molecule has 0 fully saturated rings. The van der Waals surface area contributed by atoms with Crippen LogP contribution in [0.4, 0.5) is 0 Å². The molecule has 2 aromatic heterocycles. The van der Waals surface area contributed by atoms with Crippen molar-refractivity contribution in [1.29, 1.82) is 0 Å². The predicted molar refractivity (Wildman–Crippen MR) is 81.5 cm³/mol. The molecule has 0 aliphatic heterocycles. The van der Waals surface area contributed by atoms with Crippen molar-refractivity contribution < 1.29 is 4.74 Å². The summed E-state index contributed by atoms with van der Waals surface area (Å²) >= 11 is 7.63. The number of imidazole rings is 1. The van der Waals surface area contributed by atoms with Crippen LogP contribution >= 0.6 is 23.4 Å². The summed E-state index contributed by atoms with van der Waals surface area (Å²) in [6, 6.07) is 9.62. The summed E-state index contributed by atoms with van der Waals surface area (Å²) in [6.07, 6.45) is 1.68. The SMILES string of the molecule is COc1ccc2nc(SCc3cccnc3Cl)[nH]c2c1. The quantitative estimate of drug-likeness (QED) is 0.586. The Bertz CT molecular complexity index is 744. The Labute approximate surface area is 125 Å². The molecule has 0 aliphatic rings. The number of aromatic amines is 1. The summed E-state index contributed by atoms with van der Waals surface area (Å²) in [6.45, 7) is 0. The Hall–Kier alpha value is -1.72. The number of thioether (sulfide) groups is 1. The Morgan fingerprint density at radius 3 is 3.05 bits per heavy atom. The lowest BCUT2D eigenvalue weighted by atomic mass is 10.3. The highest BCUT2D eigenvalue weighted by molar-refractivity contribution is 7.98. The van der Waals surface area contributed by atoms with Gasteiger partial charge in [0.05, 0.1) is 18.1 Å². The summed E-state index contributed by atoms with van der Waals surface area (Å²) in [5, 5.41) is 1.39. The molecule has 0 aliphatic carbocycles. The van der Waals surface area contributed by atoms with E-state index in [-0.39, 0.29) is 0 Å². The molecule has 0 amide bonds. The number of hydrogen-bond donors (Lipinski definition) is 1. The number of halogens is 1. The number of H-pyrrole nitrogens is 1. The van der Waals surface area contributed by atoms with E-state index in [2.05, 4.69) is 15.0 Å². The topological polar surface area (TPSA) is 50.8 Å². The number of ether oxygens (including phenoxy) is 1. The first-order valence-corrected chi connectivity index (χ1v) is 7.38. The maximum absolute atomic E-state index is 6.04. The van der Waals surface area contributed by atoms with E-state index in [4.69, 9.17) is 16.3 Å². The van der Waals surface area contributed by atoms with Gasteiger partial charge in [-0.05, 0) is 23.8 Å². The number of nitrogens with one attached hydrogen (secondary N) is 1. The molecule has 20 heavy (non-hydrogen) atoms. The summed E-state index contributed by atoms with van der Waals surface area (Å²) in [4.78, 5) is 11.9. The lowest BCUT2D eigenvalue weighted by Crippen LogP contribution is -1.85. The number of hydrogen-bond acceptors (Lipinski definition) is 4. The van der Waals surface area contributed by atoms with Gasteiger partial charge in [0.15, 0.2) is 5.16 Å². The summed E-state index contributed by atoms with van der Waals surface area (Å²) in [7, 11) is 1.65. The van der Waals surface area contributed by atoms with Crippen molar-refractivity contribution in [2.75, 3.05) is 7.11 Å². The number of rotatable bonds is 4.